The second kappa shape index (κ2) is 5.50. The van der Waals surface area contributed by atoms with Gasteiger partial charge in [-0.1, -0.05) is 12.1 Å². The summed E-state index contributed by atoms with van der Waals surface area (Å²) >= 11 is 0. The van der Waals surface area contributed by atoms with Crippen LogP contribution in [0.15, 0.2) is 4.52 Å². The summed E-state index contributed by atoms with van der Waals surface area (Å²) in [6, 6.07) is -0.659. The Morgan fingerprint density at radius 2 is 2.31 bits per heavy atom. The van der Waals surface area contributed by atoms with Crippen LogP contribution in [0.4, 0.5) is 10.5 Å². The van der Waals surface area contributed by atoms with E-state index in [1.54, 1.807) is 13.8 Å². The number of urea groups is 1. The van der Waals surface area contributed by atoms with E-state index in [0.29, 0.717) is 23.6 Å². The summed E-state index contributed by atoms with van der Waals surface area (Å²) in [5, 5.41) is 17.8. The van der Waals surface area contributed by atoms with Crippen molar-refractivity contribution < 1.29 is 14.4 Å². The van der Waals surface area contributed by atoms with E-state index in [0.717, 1.165) is 0 Å². The SMILES string of the molecule is CCc1noc(C)c1NC(=O)NC(C)CO. The fourth-order valence-corrected chi connectivity index (χ4v) is 1.24. The minimum atomic E-state index is -0.373. The number of anilines is 1. The number of amides is 2. The van der Waals surface area contributed by atoms with Gasteiger partial charge in [-0.3, -0.25) is 0 Å². The minimum absolute atomic E-state index is 0.101. The van der Waals surface area contributed by atoms with E-state index in [1.165, 1.54) is 0 Å². The molecule has 16 heavy (non-hydrogen) atoms. The van der Waals surface area contributed by atoms with Crippen molar-refractivity contribution in [3.05, 3.63) is 11.5 Å². The molecule has 0 fully saturated rings. The molecule has 90 valence electrons. The Labute approximate surface area is 94.0 Å². The number of aliphatic hydroxyl groups is 1. The lowest BCUT2D eigenvalue weighted by atomic mass is 10.2. The molecule has 0 saturated heterocycles. The Morgan fingerprint density at radius 1 is 1.62 bits per heavy atom. The summed E-state index contributed by atoms with van der Waals surface area (Å²) in [5.41, 5.74) is 1.31. The number of hydrogen-bond donors (Lipinski definition) is 3. The van der Waals surface area contributed by atoms with Gasteiger partial charge in [-0.25, -0.2) is 4.79 Å². The van der Waals surface area contributed by atoms with Crippen molar-refractivity contribution in [1.29, 1.82) is 0 Å². The zero-order valence-corrected chi connectivity index (χ0v) is 9.70. The number of nitrogens with zero attached hydrogens (tertiary/aromatic N) is 1. The molecule has 0 radical (unpaired) electrons. The number of hydrogen-bond acceptors (Lipinski definition) is 4. The smallest absolute Gasteiger partial charge is 0.319 e. The zero-order chi connectivity index (χ0) is 12.1. The Kier molecular flexibility index (Phi) is 4.30. The largest absolute Gasteiger partial charge is 0.394 e. The third kappa shape index (κ3) is 2.96. The highest BCUT2D eigenvalue weighted by molar-refractivity contribution is 5.90. The molecule has 1 aromatic rings. The van der Waals surface area contributed by atoms with Crippen LogP contribution in [0.5, 0.6) is 0 Å². The third-order valence-electron chi connectivity index (χ3n) is 2.16. The molecule has 6 heteroatoms. The second-order valence-electron chi connectivity index (χ2n) is 3.60. The van der Waals surface area contributed by atoms with Crippen LogP contribution in [0.2, 0.25) is 0 Å². The molecular formula is C10H17N3O3. The van der Waals surface area contributed by atoms with Crippen molar-refractivity contribution in [3.63, 3.8) is 0 Å². The predicted octanol–water partition coefficient (Wildman–Crippen LogP) is 1.05. The fraction of sp³-hybridized carbons (Fsp3) is 0.600. The van der Waals surface area contributed by atoms with Gasteiger partial charge in [-0.05, 0) is 20.3 Å². The predicted molar refractivity (Wildman–Crippen MR) is 59.3 cm³/mol. The van der Waals surface area contributed by atoms with Crippen LogP contribution >= 0.6 is 0 Å². The number of carbonyl (C=O) groups is 1. The van der Waals surface area contributed by atoms with Gasteiger partial charge in [0.15, 0.2) is 5.76 Å². The van der Waals surface area contributed by atoms with Gasteiger partial charge >= 0.3 is 6.03 Å². The molecule has 0 spiro atoms. The van der Waals surface area contributed by atoms with Crippen molar-refractivity contribution in [1.82, 2.24) is 10.5 Å². The maximum atomic E-state index is 11.5. The number of nitrogens with one attached hydrogen (secondary N) is 2. The summed E-state index contributed by atoms with van der Waals surface area (Å²) < 4.78 is 4.98. The van der Waals surface area contributed by atoms with Crippen LogP contribution in [0.1, 0.15) is 25.3 Å². The summed E-state index contributed by atoms with van der Waals surface area (Å²) in [6.07, 6.45) is 0.683. The molecule has 1 aromatic heterocycles. The highest BCUT2D eigenvalue weighted by Gasteiger charge is 2.14. The van der Waals surface area contributed by atoms with Crippen molar-refractivity contribution >= 4 is 11.7 Å². The molecule has 0 bridgehead atoms. The average molecular weight is 227 g/mol. The summed E-state index contributed by atoms with van der Waals surface area (Å²) in [7, 11) is 0. The Hall–Kier alpha value is -1.56. The summed E-state index contributed by atoms with van der Waals surface area (Å²) in [4.78, 5) is 11.5. The van der Waals surface area contributed by atoms with Crippen LogP contribution < -0.4 is 10.6 Å². The van der Waals surface area contributed by atoms with Crippen LogP contribution in [-0.2, 0) is 6.42 Å². The lowest BCUT2D eigenvalue weighted by molar-refractivity contribution is 0.229. The van der Waals surface area contributed by atoms with E-state index >= 15 is 0 Å². The highest BCUT2D eigenvalue weighted by Crippen LogP contribution is 2.19. The molecule has 3 N–H and O–H groups in total. The number of aryl methyl sites for hydroxylation is 2. The van der Waals surface area contributed by atoms with Crippen LogP contribution in [-0.4, -0.2) is 28.9 Å². The van der Waals surface area contributed by atoms with Gasteiger partial charge in [0.2, 0.25) is 0 Å². The van der Waals surface area contributed by atoms with Gasteiger partial charge in [-0.2, -0.15) is 0 Å². The van der Waals surface area contributed by atoms with Gasteiger partial charge in [0, 0.05) is 0 Å². The number of carbonyl (C=O) groups excluding carboxylic acids is 1. The quantitative estimate of drug-likeness (QED) is 0.717. The molecule has 6 nitrogen and oxygen atoms in total. The molecule has 0 aliphatic rings. The maximum Gasteiger partial charge on any atom is 0.319 e. The molecule has 2 amide bonds. The first-order valence-electron chi connectivity index (χ1n) is 5.22. The minimum Gasteiger partial charge on any atom is -0.394 e. The van der Waals surface area contributed by atoms with E-state index in [1.807, 2.05) is 6.92 Å². The fourth-order valence-electron chi connectivity index (χ4n) is 1.24. The summed E-state index contributed by atoms with van der Waals surface area (Å²) in [6.45, 7) is 5.27. The van der Waals surface area contributed by atoms with Gasteiger partial charge in [-0.15, -0.1) is 0 Å². The molecule has 1 unspecified atom stereocenters. The van der Waals surface area contributed by atoms with E-state index in [4.69, 9.17) is 9.63 Å². The van der Waals surface area contributed by atoms with Gasteiger partial charge in [0.1, 0.15) is 11.4 Å². The zero-order valence-electron chi connectivity index (χ0n) is 9.70. The molecule has 0 aliphatic heterocycles. The first-order chi connectivity index (χ1) is 7.58. The van der Waals surface area contributed by atoms with E-state index in [9.17, 15) is 4.79 Å². The maximum absolute atomic E-state index is 11.5. The van der Waals surface area contributed by atoms with Gasteiger partial charge in [0.05, 0.1) is 12.6 Å². The lowest BCUT2D eigenvalue weighted by Crippen LogP contribution is -2.38. The molecular weight excluding hydrogens is 210 g/mol. The van der Waals surface area contributed by atoms with Crippen LogP contribution in [0.3, 0.4) is 0 Å². The molecule has 0 aromatic carbocycles. The highest BCUT2D eigenvalue weighted by atomic mass is 16.5. The second-order valence-corrected chi connectivity index (χ2v) is 3.60. The van der Waals surface area contributed by atoms with E-state index < -0.39 is 0 Å². The molecule has 1 atom stereocenters. The Morgan fingerprint density at radius 3 is 2.88 bits per heavy atom. The first kappa shape index (κ1) is 12.5. The third-order valence-corrected chi connectivity index (χ3v) is 2.16. The normalized spacial score (nSPS) is 12.2. The van der Waals surface area contributed by atoms with Crippen molar-refractivity contribution in [2.24, 2.45) is 0 Å². The average Bonchev–Trinajstić information content (AvgIpc) is 2.60. The number of aromatic nitrogens is 1. The molecule has 0 saturated carbocycles. The monoisotopic (exact) mass is 227 g/mol. The topological polar surface area (TPSA) is 87.4 Å². The number of aliphatic hydroxyl groups excluding tert-OH is 1. The molecule has 1 heterocycles. The summed E-state index contributed by atoms with van der Waals surface area (Å²) in [5.74, 6) is 0.573. The van der Waals surface area contributed by atoms with Gasteiger partial charge in [0.25, 0.3) is 0 Å². The van der Waals surface area contributed by atoms with Crippen molar-refractivity contribution in [2.75, 3.05) is 11.9 Å². The van der Waals surface area contributed by atoms with E-state index in [2.05, 4.69) is 15.8 Å². The van der Waals surface area contributed by atoms with E-state index in [-0.39, 0.29) is 18.7 Å². The van der Waals surface area contributed by atoms with Crippen LogP contribution in [0.25, 0.3) is 0 Å². The first-order valence-corrected chi connectivity index (χ1v) is 5.22. The lowest BCUT2D eigenvalue weighted by Gasteiger charge is -2.11. The standard InChI is InChI=1S/C10H17N3O3/c1-4-8-9(7(3)16-13-8)12-10(15)11-6(2)5-14/h6,14H,4-5H2,1-3H3,(H2,11,12,15). The molecule has 1 rings (SSSR count). The van der Waals surface area contributed by atoms with Crippen LogP contribution in [0, 0.1) is 6.92 Å². The Bertz CT molecular complexity index is 362. The molecule has 0 aliphatic carbocycles. The number of rotatable bonds is 4. The van der Waals surface area contributed by atoms with Crippen molar-refractivity contribution in [2.45, 2.75) is 33.2 Å². The Balaban J connectivity index is 2.65. The van der Waals surface area contributed by atoms with Gasteiger partial charge < -0.3 is 20.3 Å². The van der Waals surface area contributed by atoms with Crippen molar-refractivity contribution in [3.8, 4) is 0 Å².